The molecule has 2 heterocycles. The Kier molecular flexibility index (Phi) is 6.09. The topological polar surface area (TPSA) is 95.8 Å². The number of hydrogen-bond acceptors (Lipinski definition) is 6. The molecule has 0 atom stereocenters. The van der Waals surface area contributed by atoms with E-state index in [2.05, 4.69) is 10.5 Å². The van der Waals surface area contributed by atoms with Crippen LogP contribution in [0.2, 0.25) is 5.02 Å². The van der Waals surface area contributed by atoms with Crippen LogP contribution in [0, 0.1) is 20.8 Å². The lowest BCUT2D eigenvalue weighted by molar-refractivity contribution is -0.117. The third-order valence-corrected chi connectivity index (χ3v) is 7.36. The highest BCUT2D eigenvalue weighted by Gasteiger charge is 2.33. The van der Waals surface area contributed by atoms with E-state index in [1.807, 2.05) is 11.8 Å². The lowest BCUT2D eigenvalue weighted by atomic mass is 10.2. The van der Waals surface area contributed by atoms with Crippen molar-refractivity contribution < 1.29 is 17.7 Å². The lowest BCUT2D eigenvalue weighted by Gasteiger charge is -2.33. The second kappa shape index (κ2) is 8.20. The molecule has 8 nitrogen and oxygen atoms in total. The molecule has 1 aliphatic heterocycles. The minimum absolute atomic E-state index is 0.134. The van der Waals surface area contributed by atoms with Gasteiger partial charge in [0, 0.05) is 36.9 Å². The molecular formula is C18H23ClN4O4S. The van der Waals surface area contributed by atoms with Crippen molar-refractivity contribution in [2.24, 2.45) is 0 Å². The number of nitrogens with one attached hydrogen (secondary N) is 1. The zero-order valence-electron chi connectivity index (χ0n) is 16.0. The van der Waals surface area contributed by atoms with E-state index in [9.17, 15) is 13.2 Å². The minimum atomic E-state index is -3.66. The Hall–Kier alpha value is -1.94. The van der Waals surface area contributed by atoms with Crippen LogP contribution in [0.3, 0.4) is 0 Å². The number of anilines is 1. The number of halogens is 1. The molecule has 0 saturated carbocycles. The monoisotopic (exact) mass is 426 g/mol. The second-order valence-electron chi connectivity index (χ2n) is 6.79. The van der Waals surface area contributed by atoms with Crippen LogP contribution in [-0.4, -0.2) is 61.4 Å². The average Bonchev–Trinajstić information content (AvgIpc) is 2.98. The predicted molar refractivity (Wildman–Crippen MR) is 106 cm³/mol. The molecule has 1 aliphatic rings. The van der Waals surface area contributed by atoms with Crippen molar-refractivity contribution in [3.05, 3.63) is 40.2 Å². The Morgan fingerprint density at radius 3 is 2.50 bits per heavy atom. The second-order valence-corrected chi connectivity index (χ2v) is 9.08. The van der Waals surface area contributed by atoms with Gasteiger partial charge in [0.1, 0.15) is 10.6 Å². The van der Waals surface area contributed by atoms with Gasteiger partial charge in [0.25, 0.3) is 0 Å². The standard InChI is InChI=1S/C18H23ClN4O4S/c1-12-15(19)5-4-6-16(12)20-17(24)11-22-7-9-23(10-8-22)28(25,26)18-13(2)21-27-14(18)3/h4-6H,7-11H2,1-3H3,(H,20,24). The van der Waals surface area contributed by atoms with Crippen LogP contribution in [0.4, 0.5) is 5.69 Å². The molecule has 10 heteroatoms. The molecule has 0 radical (unpaired) electrons. The molecule has 0 bridgehead atoms. The number of amides is 1. The summed E-state index contributed by atoms with van der Waals surface area (Å²) in [5.74, 6) is 0.128. The summed E-state index contributed by atoms with van der Waals surface area (Å²) in [6.45, 7) is 6.76. The average molecular weight is 427 g/mol. The molecule has 0 spiro atoms. The summed E-state index contributed by atoms with van der Waals surface area (Å²) in [4.78, 5) is 14.4. The van der Waals surface area contributed by atoms with Gasteiger partial charge in [-0.1, -0.05) is 22.8 Å². The highest BCUT2D eigenvalue weighted by molar-refractivity contribution is 7.89. The van der Waals surface area contributed by atoms with Crippen LogP contribution in [0.5, 0.6) is 0 Å². The van der Waals surface area contributed by atoms with E-state index in [1.54, 1.807) is 32.0 Å². The first kappa shape index (κ1) is 20.8. The van der Waals surface area contributed by atoms with E-state index in [-0.39, 0.29) is 23.1 Å². The van der Waals surface area contributed by atoms with Crippen molar-refractivity contribution in [1.82, 2.24) is 14.4 Å². The zero-order valence-corrected chi connectivity index (χ0v) is 17.6. The smallest absolute Gasteiger partial charge is 0.248 e. The number of piperazine rings is 1. The molecule has 1 aromatic heterocycles. The van der Waals surface area contributed by atoms with Crippen LogP contribution in [0.1, 0.15) is 17.0 Å². The van der Waals surface area contributed by atoms with Gasteiger partial charge in [0.2, 0.25) is 15.9 Å². The quantitative estimate of drug-likeness (QED) is 0.787. The van der Waals surface area contributed by atoms with Gasteiger partial charge < -0.3 is 9.84 Å². The van der Waals surface area contributed by atoms with E-state index in [1.165, 1.54) is 4.31 Å². The van der Waals surface area contributed by atoms with E-state index in [4.69, 9.17) is 16.1 Å². The zero-order chi connectivity index (χ0) is 20.5. The third kappa shape index (κ3) is 4.22. The number of sulfonamides is 1. The van der Waals surface area contributed by atoms with Crippen molar-refractivity contribution >= 4 is 33.2 Å². The number of hydrogen-bond donors (Lipinski definition) is 1. The van der Waals surface area contributed by atoms with Crippen molar-refractivity contribution in [2.75, 3.05) is 38.0 Å². The molecule has 28 heavy (non-hydrogen) atoms. The fourth-order valence-corrected chi connectivity index (χ4v) is 5.12. The van der Waals surface area contributed by atoms with E-state index < -0.39 is 10.0 Å². The SMILES string of the molecule is Cc1noc(C)c1S(=O)(=O)N1CCN(CC(=O)Nc2cccc(Cl)c2C)CC1. The predicted octanol–water partition coefficient (Wildman–Crippen LogP) is 2.20. The molecule has 1 amide bonds. The van der Waals surface area contributed by atoms with Crippen molar-refractivity contribution in [2.45, 2.75) is 25.7 Å². The van der Waals surface area contributed by atoms with Gasteiger partial charge in [-0.05, 0) is 38.5 Å². The maximum atomic E-state index is 12.8. The molecule has 1 saturated heterocycles. The third-order valence-electron chi connectivity index (χ3n) is 4.81. The number of carbonyl (C=O) groups excluding carboxylic acids is 1. The van der Waals surface area contributed by atoms with Gasteiger partial charge in [-0.3, -0.25) is 9.69 Å². The highest BCUT2D eigenvalue weighted by atomic mass is 35.5. The molecule has 152 valence electrons. The van der Waals surface area contributed by atoms with Crippen molar-refractivity contribution in [1.29, 1.82) is 0 Å². The first-order valence-corrected chi connectivity index (χ1v) is 10.7. The lowest BCUT2D eigenvalue weighted by Crippen LogP contribution is -2.50. The number of rotatable bonds is 5. The number of nitrogens with zero attached hydrogens (tertiary/aromatic N) is 3. The van der Waals surface area contributed by atoms with E-state index in [0.717, 1.165) is 5.56 Å². The largest absolute Gasteiger partial charge is 0.360 e. The van der Waals surface area contributed by atoms with Gasteiger partial charge in [-0.15, -0.1) is 0 Å². The first-order valence-electron chi connectivity index (χ1n) is 8.90. The minimum Gasteiger partial charge on any atom is -0.360 e. The number of aryl methyl sites for hydroxylation is 2. The fourth-order valence-electron chi connectivity index (χ4n) is 3.24. The summed E-state index contributed by atoms with van der Waals surface area (Å²) in [6.07, 6.45) is 0. The Morgan fingerprint density at radius 1 is 1.21 bits per heavy atom. The van der Waals surface area contributed by atoms with Gasteiger partial charge in [-0.2, -0.15) is 4.31 Å². The Labute approximate surface area is 169 Å². The summed E-state index contributed by atoms with van der Waals surface area (Å²) < 4.78 is 32.1. The fraction of sp³-hybridized carbons (Fsp3) is 0.444. The van der Waals surface area contributed by atoms with Crippen LogP contribution >= 0.6 is 11.6 Å². The van der Waals surface area contributed by atoms with Crippen LogP contribution in [-0.2, 0) is 14.8 Å². The summed E-state index contributed by atoms with van der Waals surface area (Å²) in [5.41, 5.74) is 1.85. The van der Waals surface area contributed by atoms with Gasteiger partial charge >= 0.3 is 0 Å². The van der Waals surface area contributed by atoms with E-state index >= 15 is 0 Å². The highest BCUT2D eigenvalue weighted by Crippen LogP contribution is 2.25. The molecule has 0 unspecified atom stereocenters. The summed E-state index contributed by atoms with van der Waals surface area (Å²) in [5, 5.41) is 7.18. The maximum absolute atomic E-state index is 12.8. The molecule has 0 aliphatic carbocycles. The van der Waals surface area contributed by atoms with Gasteiger partial charge in [-0.25, -0.2) is 8.42 Å². The Bertz CT molecular complexity index is 962. The summed E-state index contributed by atoms with van der Waals surface area (Å²) >= 11 is 6.08. The van der Waals surface area contributed by atoms with Crippen LogP contribution in [0.15, 0.2) is 27.6 Å². The number of aromatic nitrogens is 1. The normalized spacial score (nSPS) is 16.3. The van der Waals surface area contributed by atoms with E-state index in [0.29, 0.717) is 42.6 Å². The molecule has 2 aromatic rings. The Morgan fingerprint density at radius 2 is 1.89 bits per heavy atom. The van der Waals surface area contributed by atoms with Crippen molar-refractivity contribution in [3.8, 4) is 0 Å². The van der Waals surface area contributed by atoms with Crippen molar-refractivity contribution in [3.63, 3.8) is 0 Å². The van der Waals surface area contributed by atoms with Gasteiger partial charge in [0.15, 0.2) is 5.76 Å². The van der Waals surface area contributed by atoms with Crippen LogP contribution < -0.4 is 5.32 Å². The maximum Gasteiger partial charge on any atom is 0.248 e. The van der Waals surface area contributed by atoms with Gasteiger partial charge in [0.05, 0.1) is 6.54 Å². The molecular weight excluding hydrogens is 404 g/mol. The van der Waals surface area contributed by atoms with Crippen LogP contribution in [0.25, 0.3) is 0 Å². The number of benzene rings is 1. The molecule has 1 aromatic carbocycles. The number of carbonyl (C=O) groups is 1. The molecule has 1 N–H and O–H groups in total. The molecule has 3 rings (SSSR count). The summed E-state index contributed by atoms with van der Waals surface area (Å²) in [6, 6.07) is 5.35. The first-order chi connectivity index (χ1) is 13.2. The summed E-state index contributed by atoms with van der Waals surface area (Å²) in [7, 11) is -3.66. The Balaban J connectivity index is 1.58. The molecule has 1 fully saturated rings.